The van der Waals surface area contributed by atoms with E-state index in [1.54, 1.807) is 17.8 Å². The molecule has 4 fully saturated rings. The van der Waals surface area contributed by atoms with Gasteiger partial charge < -0.3 is 11.1 Å². The zero-order valence-electron chi connectivity index (χ0n) is 24.2. The Bertz CT molecular complexity index is 1020. The number of carbonyl (C=O) groups is 1. The first kappa shape index (κ1) is 29.2. The van der Waals surface area contributed by atoms with Gasteiger partial charge >= 0.3 is 0 Å². The summed E-state index contributed by atoms with van der Waals surface area (Å²) in [5.41, 5.74) is 6.73. The van der Waals surface area contributed by atoms with E-state index in [0.29, 0.717) is 28.7 Å². The maximum absolute atomic E-state index is 15.2. The van der Waals surface area contributed by atoms with E-state index in [2.05, 4.69) is 16.7 Å². The van der Waals surface area contributed by atoms with Crippen molar-refractivity contribution in [2.75, 3.05) is 5.32 Å². The number of thioether (sulfide) groups is 2. The zero-order valence-corrected chi connectivity index (χ0v) is 25.9. The number of benzene rings is 1. The van der Waals surface area contributed by atoms with Gasteiger partial charge in [-0.25, -0.2) is 4.39 Å². The second kappa shape index (κ2) is 12.8. The molecular formula is C33H50FN3OS2. The number of carbonyl (C=O) groups excluding carboxylic acids is 1. The molecule has 1 amide bonds. The summed E-state index contributed by atoms with van der Waals surface area (Å²) < 4.78 is 15.2. The lowest BCUT2D eigenvalue weighted by molar-refractivity contribution is -0.137. The fourth-order valence-electron chi connectivity index (χ4n) is 9.10. The maximum Gasteiger partial charge on any atom is 0.226 e. The Labute approximate surface area is 249 Å². The van der Waals surface area contributed by atoms with Crippen molar-refractivity contribution in [3.05, 3.63) is 24.0 Å². The fraction of sp³-hybridized carbons (Fsp3) is 0.788. The van der Waals surface area contributed by atoms with E-state index < -0.39 is 10.4 Å². The molecule has 1 aromatic carbocycles. The molecule has 1 aromatic rings. The molecule has 2 heterocycles. The Morgan fingerprint density at radius 1 is 0.825 bits per heavy atom. The molecule has 0 aromatic heterocycles. The summed E-state index contributed by atoms with van der Waals surface area (Å²) in [6.45, 7) is 0. The van der Waals surface area contributed by atoms with E-state index in [0.717, 1.165) is 37.0 Å². The van der Waals surface area contributed by atoms with Gasteiger partial charge in [0.25, 0.3) is 0 Å². The van der Waals surface area contributed by atoms with Gasteiger partial charge in [0.2, 0.25) is 5.91 Å². The average molecular weight is 588 g/mol. The summed E-state index contributed by atoms with van der Waals surface area (Å²) in [5, 5.41) is 8.42. The van der Waals surface area contributed by atoms with Crippen LogP contribution >= 0.6 is 23.5 Å². The zero-order chi connectivity index (χ0) is 27.6. The first-order chi connectivity index (χ1) is 19.5. The van der Waals surface area contributed by atoms with Gasteiger partial charge in [-0.15, -0.1) is 11.8 Å². The highest BCUT2D eigenvalue weighted by Gasteiger charge is 2.64. The minimum atomic E-state index is -0.547. The number of nitrogens with two attached hydrogens (primary N) is 1. The van der Waals surface area contributed by atoms with Crippen molar-refractivity contribution in [3.8, 4) is 0 Å². The quantitative estimate of drug-likeness (QED) is 0.321. The van der Waals surface area contributed by atoms with E-state index in [4.69, 9.17) is 5.73 Å². The van der Waals surface area contributed by atoms with Crippen molar-refractivity contribution in [1.29, 1.82) is 0 Å². The number of rotatable bonds is 5. The lowest BCUT2D eigenvalue weighted by atomic mass is 9.58. The molecule has 0 bridgehead atoms. The van der Waals surface area contributed by atoms with Gasteiger partial charge in [-0.05, 0) is 62.5 Å². The van der Waals surface area contributed by atoms with Crippen molar-refractivity contribution in [1.82, 2.24) is 5.32 Å². The van der Waals surface area contributed by atoms with Crippen LogP contribution in [0.5, 0.6) is 0 Å². The summed E-state index contributed by atoms with van der Waals surface area (Å²) in [5.74, 6) is 0.772. The number of hydrogen-bond donors (Lipinski definition) is 3. The van der Waals surface area contributed by atoms with Gasteiger partial charge in [0.15, 0.2) is 0 Å². The predicted molar refractivity (Wildman–Crippen MR) is 167 cm³/mol. The van der Waals surface area contributed by atoms with Crippen molar-refractivity contribution in [2.24, 2.45) is 28.9 Å². The van der Waals surface area contributed by atoms with Crippen molar-refractivity contribution >= 4 is 35.1 Å². The number of halogens is 1. The summed E-state index contributed by atoms with van der Waals surface area (Å²) >= 11 is 3.81. The molecular weight excluding hydrogens is 538 g/mol. The third-order valence-corrected chi connectivity index (χ3v) is 14.2. The van der Waals surface area contributed by atoms with Crippen LogP contribution < -0.4 is 16.4 Å². The number of nitrogens with one attached hydrogen (secondary N) is 2. The molecule has 222 valence electrons. The Hall–Kier alpha value is -0.920. The van der Waals surface area contributed by atoms with Crippen molar-refractivity contribution in [3.63, 3.8) is 0 Å². The van der Waals surface area contributed by atoms with Gasteiger partial charge in [0.05, 0.1) is 16.5 Å². The molecule has 0 radical (unpaired) electrons. The van der Waals surface area contributed by atoms with Crippen molar-refractivity contribution in [2.45, 2.75) is 143 Å². The van der Waals surface area contributed by atoms with E-state index >= 15 is 4.39 Å². The topological polar surface area (TPSA) is 67.2 Å². The molecule has 5 unspecified atom stereocenters. The van der Waals surface area contributed by atoms with Gasteiger partial charge in [0.1, 0.15) is 10.8 Å². The lowest BCUT2D eigenvalue weighted by Gasteiger charge is -2.49. The van der Waals surface area contributed by atoms with Crippen LogP contribution in [0.15, 0.2) is 23.1 Å². The van der Waals surface area contributed by atoms with Gasteiger partial charge in [-0.2, -0.15) is 0 Å². The Morgan fingerprint density at radius 2 is 1.40 bits per heavy atom. The van der Waals surface area contributed by atoms with Crippen LogP contribution in [0.4, 0.5) is 10.1 Å². The van der Waals surface area contributed by atoms with Crippen LogP contribution in [0.2, 0.25) is 0 Å². The summed E-state index contributed by atoms with van der Waals surface area (Å²) in [6.07, 6.45) is 23.1. The van der Waals surface area contributed by atoms with Crippen LogP contribution in [0.25, 0.3) is 0 Å². The molecule has 6 rings (SSSR count). The molecule has 3 saturated carbocycles. The molecule has 4 N–H and O–H groups in total. The van der Waals surface area contributed by atoms with Crippen LogP contribution in [0.1, 0.15) is 122 Å². The predicted octanol–water partition coefficient (Wildman–Crippen LogP) is 8.80. The third kappa shape index (κ3) is 5.45. The fourth-order valence-corrected chi connectivity index (χ4v) is 12.8. The highest BCUT2D eigenvalue weighted by atomic mass is 32.2. The molecule has 2 aliphatic heterocycles. The summed E-state index contributed by atoms with van der Waals surface area (Å²) in [6, 6.07) is 5.47. The van der Waals surface area contributed by atoms with Gasteiger partial charge in [0, 0.05) is 16.1 Å². The van der Waals surface area contributed by atoms with E-state index in [-0.39, 0.29) is 17.1 Å². The molecule has 40 heavy (non-hydrogen) atoms. The van der Waals surface area contributed by atoms with Gasteiger partial charge in [-0.1, -0.05) is 101 Å². The molecule has 0 spiro atoms. The van der Waals surface area contributed by atoms with Crippen LogP contribution in [-0.2, 0) is 4.79 Å². The smallest absolute Gasteiger partial charge is 0.226 e. The Kier molecular flexibility index (Phi) is 9.30. The molecule has 5 aliphatic rings. The Balaban J connectivity index is 1.40. The second-order valence-corrected chi connectivity index (χ2v) is 16.0. The first-order valence-corrected chi connectivity index (χ1v) is 18.3. The van der Waals surface area contributed by atoms with Crippen molar-refractivity contribution < 1.29 is 9.18 Å². The number of hydrogen-bond acceptors (Lipinski definition) is 5. The number of amides is 1. The molecule has 4 nitrogen and oxygen atoms in total. The average Bonchev–Trinajstić information content (AvgIpc) is 3.50. The van der Waals surface area contributed by atoms with Crippen LogP contribution in [0.3, 0.4) is 0 Å². The van der Waals surface area contributed by atoms with E-state index in [9.17, 15) is 4.79 Å². The van der Waals surface area contributed by atoms with Gasteiger partial charge in [-0.3, -0.25) is 10.1 Å². The standard InChI is InChI=1S/C33H50FN3OS2/c34-26-20-14-22-28-29(26)36-33(40-28,24-17-10-4-1-2-5-11-18-24)37-31-32(30(35)38,23-15-8-6-3-7-9-16-23)25-19-12-13-21-27(25)39-31/h14,20,22-25,27,31,36-37H,1-13,15-19,21H2,(H2,35,38). The Morgan fingerprint density at radius 3 is 2.02 bits per heavy atom. The molecule has 1 saturated heterocycles. The minimum absolute atomic E-state index is 0.0486. The minimum Gasteiger partial charge on any atom is -0.369 e. The highest BCUT2D eigenvalue weighted by molar-refractivity contribution is 8.02. The van der Waals surface area contributed by atoms with E-state index in [1.807, 2.05) is 17.8 Å². The van der Waals surface area contributed by atoms with E-state index in [1.165, 1.54) is 89.9 Å². The molecule has 5 atom stereocenters. The number of fused-ring (bicyclic) bond motifs is 2. The van der Waals surface area contributed by atoms with Crippen LogP contribution in [-0.4, -0.2) is 21.5 Å². The maximum atomic E-state index is 15.2. The molecule has 3 aliphatic carbocycles. The largest absolute Gasteiger partial charge is 0.369 e. The summed E-state index contributed by atoms with van der Waals surface area (Å²) in [7, 11) is 0. The second-order valence-electron chi connectivity index (χ2n) is 13.4. The SMILES string of the molecule is NC(=O)C1(C2CCCCCCC2)C(NC2(C3CCCCCCCC3)Nc3c(F)cccc3S2)SC2CCCCC21. The molecule has 7 heteroatoms. The summed E-state index contributed by atoms with van der Waals surface area (Å²) in [4.78, 5) is 14.5. The number of primary amides is 1. The number of para-hydroxylation sites is 1. The number of anilines is 1. The highest BCUT2D eigenvalue weighted by Crippen LogP contribution is 2.63. The van der Waals surface area contributed by atoms with Crippen LogP contribution in [0, 0.1) is 29.0 Å². The lowest BCUT2D eigenvalue weighted by Crippen LogP contribution is -2.64. The normalized spacial score (nSPS) is 36.3. The third-order valence-electron chi connectivity index (χ3n) is 11.1. The monoisotopic (exact) mass is 587 g/mol. The first-order valence-electron chi connectivity index (χ1n) is 16.5.